The van der Waals surface area contributed by atoms with Gasteiger partial charge in [0.25, 0.3) is 0 Å². The molecule has 1 heterocycles. The molecule has 1 aromatic rings. The first-order valence-corrected chi connectivity index (χ1v) is 6.05. The first kappa shape index (κ1) is 13.1. The predicted molar refractivity (Wildman–Crippen MR) is 66.2 cm³/mol. The third-order valence-corrected chi connectivity index (χ3v) is 3.14. The maximum atomic E-state index is 10.8. The highest BCUT2D eigenvalue weighted by molar-refractivity contribution is 5.20. The Bertz CT molecular complexity index is 302. The molecule has 0 amide bonds. The number of hydrogen-bond acceptors (Lipinski definition) is 3. The molecular weight excluding hydrogens is 200 g/mol. The second-order valence-corrected chi connectivity index (χ2v) is 4.04. The Morgan fingerprint density at radius 2 is 2.19 bits per heavy atom. The summed E-state index contributed by atoms with van der Waals surface area (Å²) in [5.41, 5.74) is 0.0734. The van der Waals surface area contributed by atoms with Crippen LogP contribution in [0, 0.1) is 0 Å². The zero-order valence-electron chi connectivity index (χ0n) is 10.4. The minimum Gasteiger partial charge on any atom is -0.383 e. The third kappa shape index (κ3) is 2.60. The lowest BCUT2D eigenvalue weighted by atomic mass is 9.83. The first-order valence-electron chi connectivity index (χ1n) is 6.05. The number of hydrogen-bond donors (Lipinski definition) is 2. The van der Waals surface area contributed by atoms with Crippen molar-refractivity contribution in [2.24, 2.45) is 0 Å². The Kier molecular flexibility index (Phi) is 4.90. The minimum atomic E-state index is -0.820. The summed E-state index contributed by atoms with van der Waals surface area (Å²) in [5, 5.41) is 14.1. The van der Waals surface area contributed by atoms with E-state index >= 15 is 0 Å². The van der Waals surface area contributed by atoms with Crippen molar-refractivity contribution in [1.82, 2.24) is 10.3 Å². The van der Waals surface area contributed by atoms with Gasteiger partial charge in [-0.15, -0.1) is 0 Å². The monoisotopic (exact) mass is 222 g/mol. The lowest BCUT2D eigenvalue weighted by Gasteiger charge is -2.35. The van der Waals surface area contributed by atoms with Gasteiger partial charge in [0.2, 0.25) is 0 Å². The van der Waals surface area contributed by atoms with Gasteiger partial charge in [0.15, 0.2) is 0 Å². The average Bonchev–Trinajstić information content (AvgIpc) is 2.36. The molecule has 2 N–H and O–H groups in total. The van der Waals surface area contributed by atoms with Gasteiger partial charge in [-0.05, 0) is 25.5 Å². The van der Waals surface area contributed by atoms with Crippen molar-refractivity contribution in [3.8, 4) is 0 Å². The van der Waals surface area contributed by atoms with Gasteiger partial charge in [0.05, 0.1) is 0 Å². The molecule has 1 aromatic heterocycles. The summed E-state index contributed by atoms with van der Waals surface area (Å²) in [6, 6.07) is 3.89. The van der Waals surface area contributed by atoms with Crippen molar-refractivity contribution in [3.63, 3.8) is 0 Å². The Labute approximate surface area is 97.9 Å². The molecule has 16 heavy (non-hydrogen) atoms. The molecule has 0 radical (unpaired) electrons. The van der Waals surface area contributed by atoms with E-state index in [4.69, 9.17) is 0 Å². The van der Waals surface area contributed by atoms with Crippen LogP contribution in [0.2, 0.25) is 0 Å². The topological polar surface area (TPSA) is 45.1 Å². The molecule has 3 nitrogen and oxygen atoms in total. The SMILES string of the molecule is CCNC(CC)C(O)(CC)c1cccnc1. The van der Waals surface area contributed by atoms with Crippen LogP contribution in [-0.2, 0) is 5.60 Å². The van der Waals surface area contributed by atoms with E-state index in [2.05, 4.69) is 24.1 Å². The molecule has 3 heteroatoms. The molecule has 2 atom stereocenters. The summed E-state index contributed by atoms with van der Waals surface area (Å²) in [4.78, 5) is 4.09. The third-order valence-electron chi connectivity index (χ3n) is 3.14. The summed E-state index contributed by atoms with van der Waals surface area (Å²) >= 11 is 0. The number of likely N-dealkylation sites (N-methyl/N-ethyl adjacent to an activating group) is 1. The molecule has 1 rings (SSSR count). The summed E-state index contributed by atoms with van der Waals surface area (Å²) in [6.07, 6.45) is 5.06. The van der Waals surface area contributed by atoms with Gasteiger partial charge in [0.1, 0.15) is 5.60 Å². The van der Waals surface area contributed by atoms with Gasteiger partial charge in [-0.3, -0.25) is 4.98 Å². The lowest BCUT2D eigenvalue weighted by Crippen LogP contribution is -2.48. The molecule has 0 aliphatic rings. The molecule has 90 valence electrons. The Morgan fingerprint density at radius 3 is 2.62 bits per heavy atom. The van der Waals surface area contributed by atoms with Crippen molar-refractivity contribution >= 4 is 0 Å². The molecule has 0 spiro atoms. The van der Waals surface area contributed by atoms with Gasteiger partial charge in [-0.2, -0.15) is 0 Å². The highest BCUT2D eigenvalue weighted by atomic mass is 16.3. The first-order chi connectivity index (χ1) is 7.69. The van der Waals surface area contributed by atoms with Crippen molar-refractivity contribution in [1.29, 1.82) is 0 Å². The van der Waals surface area contributed by atoms with Crippen molar-refractivity contribution in [2.75, 3.05) is 6.54 Å². The van der Waals surface area contributed by atoms with Gasteiger partial charge in [-0.1, -0.05) is 26.8 Å². The number of pyridine rings is 1. The van der Waals surface area contributed by atoms with E-state index in [1.54, 1.807) is 12.4 Å². The Morgan fingerprint density at radius 1 is 1.44 bits per heavy atom. The van der Waals surface area contributed by atoms with Crippen LogP contribution in [0.25, 0.3) is 0 Å². The van der Waals surface area contributed by atoms with E-state index in [-0.39, 0.29) is 6.04 Å². The smallest absolute Gasteiger partial charge is 0.106 e. The summed E-state index contributed by atoms with van der Waals surface area (Å²) < 4.78 is 0. The number of aromatic nitrogens is 1. The predicted octanol–water partition coefficient (Wildman–Crippen LogP) is 2.07. The van der Waals surface area contributed by atoms with Crippen LogP contribution in [0.4, 0.5) is 0 Å². The lowest BCUT2D eigenvalue weighted by molar-refractivity contribution is -0.00849. The maximum absolute atomic E-state index is 10.8. The normalized spacial score (nSPS) is 16.8. The van der Waals surface area contributed by atoms with Gasteiger partial charge < -0.3 is 10.4 Å². The van der Waals surface area contributed by atoms with Crippen molar-refractivity contribution in [3.05, 3.63) is 30.1 Å². The van der Waals surface area contributed by atoms with Crippen molar-refractivity contribution in [2.45, 2.75) is 45.3 Å². The Balaban J connectivity index is 3.00. The van der Waals surface area contributed by atoms with Gasteiger partial charge in [-0.25, -0.2) is 0 Å². The molecule has 0 aliphatic heterocycles. The van der Waals surface area contributed by atoms with Crippen LogP contribution in [0.5, 0.6) is 0 Å². The van der Waals surface area contributed by atoms with Crippen molar-refractivity contribution < 1.29 is 5.11 Å². The number of aliphatic hydroxyl groups is 1. The fourth-order valence-electron chi connectivity index (χ4n) is 2.17. The van der Waals surface area contributed by atoms with Gasteiger partial charge in [0, 0.05) is 24.0 Å². The molecule has 0 saturated heterocycles. The van der Waals surface area contributed by atoms with Crippen LogP contribution < -0.4 is 5.32 Å². The minimum absolute atomic E-state index is 0.0756. The van der Waals surface area contributed by atoms with Crippen LogP contribution in [0.1, 0.15) is 39.2 Å². The van der Waals surface area contributed by atoms with Crippen LogP contribution in [0.15, 0.2) is 24.5 Å². The number of nitrogens with one attached hydrogen (secondary N) is 1. The zero-order chi connectivity index (χ0) is 12.0. The highest BCUT2D eigenvalue weighted by Crippen LogP contribution is 2.29. The van der Waals surface area contributed by atoms with E-state index in [9.17, 15) is 5.11 Å². The average molecular weight is 222 g/mol. The summed E-state index contributed by atoms with van der Waals surface area (Å²) in [7, 11) is 0. The van der Waals surface area contributed by atoms with Gasteiger partial charge >= 0.3 is 0 Å². The Hall–Kier alpha value is -0.930. The van der Waals surface area contributed by atoms with Crippen LogP contribution >= 0.6 is 0 Å². The molecule has 0 fully saturated rings. The van der Waals surface area contributed by atoms with E-state index < -0.39 is 5.60 Å². The number of rotatable bonds is 6. The highest BCUT2D eigenvalue weighted by Gasteiger charge is 2.35. The molecular formula is C13H22N2O. The molecule has 0 aliphatic carbocycles. The zero-order valence-corrected chi connectivity index (χ0v) is 10.4. The van der Waals surface area contributed by atoms with E-state index in [1.807, 2.05) is 19.1 Å². The molecule has 2 unspecified atom stereocenters. The maximum Gasteiger partial charge on any atom is 0.106 e. The summed E-state index contributed by atoms with van der Waals surface area (Å²) in [6.45, 7) is 7.01. The fourth-order valence-corrected chi connectivity index (χ4v) is 2.17. The summed E-state index contributed by atoms with van der Waals surface area (Å²) in [5.74, 6) is 0. The van der Waals surface area contributed by atoms with E-state index in [0.29, 0.717) is 6.42 Å². The number of nitrogens with zero attached hydrogens (tertiary/aromatic N) is 1. The van der Waals surface area contributed by atoms with Crippen LogP contribution in [0.3, 0.4) is 0 Å². The quantitative estimate of drug-likeness (QED) is 0.774. The second kappa shape index (κ2) is 5.97. The largest absolute Gasteiger partial charge is 0.383 e. The molecule has 0 aromatic carbocycles. The molecule has 0 bridgehead atoms. The molecule has 0 saturated carbocycles. The second-order valence-electron chi connectivity index (χ2n) is 4.04. The standard InChI is InChI=1S/C13H22N2O/c1-4-12(15-6-3)13(16,5-2)11-8-7-9-14-10-11/h7-10,12,15-16H,4-6H2,1-3H3. The van der Waals surface area contributed by atoms with E-state index in [0.717, 1.165) is 18.5 Å². The van der Waals surface area contributed by atoms with E-state index in [1.165, 1.54) is 0 Å². The fraction of sp³-hybridized carbons (Fsp3) is 0.615. The van der Waals surface area contributed by atoms with Crippen LogP contribution in [-0.4, -0.2) is 22.7 Å².